The topological polar surface area (TPSA) is 78.9 Å². The predicted octanol–water partition coefficient (Wildman–Crippen LogP) is 1.40. The van der Waals surface area contributed by atoms with Crippen molar-refractivity contribution in [3.63, 3.8) is 0 Å². The van der Waals surface area contributed by atoms with E-state index in [0.29, 0.717) is 5.56 Å². The van der Waals surface area contributed by atoms with Gasteiger partial charge in [0.1, 0.15) is 18.1 Å². The summed E-state index contributed by atoms with van der Waals surface area (Å²) in [7, 11) is 0. The van der Waals surface area contributed by atoms with Gasteiger partial charge >= 0.3 is 17.9 Å². The van der Waals surface area contributed by atoms with Crippen molar-refractivity contribution in [3.8, 4) is 11.5 Å². The van der Waals surface area contributed by atoms with Crippen LogP contribution in [0.3, 0.4) is 0 Å². The molecule has 0 aliphatic carbocycles. The molecule has 0 aromatic heterocycles. The molecular formula is C13H13O6. The molecule has 0 saturated carbocycles. The summed E-state index contributed by atoms with van der Waals surface area (Å²) in [6, 6.07) is 5.55. The zero-order chi connectivity index (χ0) is 14.4. The molecular weight excluding hydrogens is 252 g/mol. The summed E-state index contributed by atoms with van der Waals surface area (Å²) in [6.45, 7) is 3.72. The maximum Gasteiger partial charge on any atom is 0.308 e. The molecule has 0 heterocycles. The van der Waals surface area contributed by atoms with Crippen molar-refractivity contribution in [2.45, 2.75) is 27.4 Å². The second-order valence-corrected chi connectivity index (χ2v) is 3.68. The third kappa shape index (κ3) is 5.67. The van der Waals surface area contributed by atoms with E-state index in [1.807, 2.05) is 0 Å². The molecule has 0 spiro atoms. The minimum atomic E-state index is -0.533. The third-order valence-corrected chi connectivity index (χ3v) is 1.83. The second-order valence-electron chi connectivity index (χ2n) is 3.68. The molecule has 0 bridgehead atoms. The first-order valence-electron chi connectivity index (χ1n) is 5.43. The molecule has 0 saturated heterocycles. The zero-order valence-corrected chi connectivity index (χ0v) is 10.8. The van der Waals surface area contributed by atoms with Crippen molar-refractivity contribution in [2.24, 2.45) is 0 Å². The van der Waals surface area contributed by atoms with Crippen molar-refractivity contribution in [2.75, 3.05) is 0 Å². The highest BCUT2D eigenvalue weighted by Crippen LogP contribution is 2.23. The Labute approximate surface area is 110 Å². The van der Waals surface area contributed by atoms with Crippen molar-refractivity contribution in [3.05, 3.63) is 23.8 Å². The highest BCUT2D eigenvalue weighted by molar-refractivity contribution is 5.71. The van der Waals surface area contributed by atoms with Gasteiger partial charge in [-0.15, -0.1) is 0 Å². The van der Waals surface area contributed by atoms with Crippen LogP contribution in [-0.4, -0.2) is 17.9 Å². The molecule has 6 heteroatoms. The maximum absolute atomic E-state index is 10.9. The molecule has 0 fully saturated rings. The Morgan fingerprint density at radius 3 is 1.79 bits per heavy atom. The molecule has 0 unspecified atom stereocenters. The summed E-state index contributed by atoms with van der Waals surface area (Å²) in [5, 5.41) is 0. The highest BCUT2D eigenvalue weighted by Gasteiger charge is 2.08. The van der Waals surface area contributed by atoms with Crippen LogP contribution in [-0.2, 0) is 25.7 Å². The number of carbonyl (C=O) groups excluding carboxylic acids is 3. The van der Waals surface area contributed by atoms with Crippen LogP contribution in [0.5, 0.6) is 11.5 Å². The predicted molar refractivity (Wildman–Crippen MR) is 63.4 cm³/mol. The van der Waals surface area contributed by atoms with Crippen molar-refractivity contribution < 1.29 is 28.6 Å². The van der Waals surface area contributed by atoms with Gasteiger partial charge in [0.15, 0.2) is 0 Å². The minimum absolute atomic E-state index is 0.0213. The molecule has 1 aromatic rings. The van der Waals surface area contributed by atoms with E-state index >= 15 is 0 Å². The lowest BCUT2D eigenvalue weighted by Gasteiger charge is -2.08. The summed E-state index contributed by atoms with van der Waals surface area (Å²) in [4.78, 5) is 32.5. The van der Waals surface area contributed by atoms with E-state index in [1.165, 1.54) is 32.9 Å². The lowest BCUT2D eigenvalue weighted by atomic mass is 10.2. The molecule has 19 heavy (non-hydrogen) atoms. The number of hydrogen-bond acceptors (Lipinski definition) is 6. The first-order valence-corrected chi connectivity index (χ1v) is 5.43. The molecule has 6 nitrogen and oxygen atoms in total. The molecule has 0 aliphatic heterocycles. The average molecular weight is 265 g/mol. The first kappa shape index (κ1) is 14.7. The molecule has 1 radical (unpaired) electrons. The van der Waals surface area contributed by atoms with Crippen LogP contribution in [0.1, 0.15) is 26.3 Å². The SMILES string of the molecule is CC(=O)OCc1cc(OC(C)=O)[c]c(OC(C)=O)c1. The van der Waals surface area contributed by atoms with Crippen LogP contribution in [0.2, 0.25) is 0 Å². The number of benzene rings is 1. The van der Waals surface area contributed by atoms with E-state index in [1.54, 1.807) is 0 Å². The second kappa shape index (κ2) is 6.53. The summed E-state index contributed by atoms with van der Waals surface area (Å²) in [5.41, 5.74) is 0.515. The van der Waals surface area contributed by atoms with Gasteiger partial charge in [-0.3, -0.25) is 14.4 Å². The van der Waals surface area contributed by atoms with Gasteiger partial charge in [0.2, 0.25) is 0 Å². The van der Waals surface area contributed by atoms with Gasteiger partial charge < -0.3 is 14.2 Å². The van der Waals surface area contributed by atoms with Crippen LogP contribution in [0, 0.1) is 6.07 Å². The van der Waals surface area contributed by atoms with Gasteiger partial charge in [-0.2, -0.15) is 0 Å². The van der Waals surface area contributed by atoms with E-state index in [4.69, 9.17) is 14.2 Å². The fourth-order valence-corrected chi connectivity index (χ4v) is 1.26. The lowest BCUT2D eigenvalue weighted by Crippen LogP contribution is -2.06. The van der Waals surface area contributed by atoms with E-state index in [2.05, 4.69) is 6.07 Å². The molecule has 101 valence electrons. The van der Waals surface area contributed by atoms with Crippen LogP contribution < -0.4 is 9.47 Å². The van der Waals surface area contributed by atoms with Gasteiger partial charge in [-0.05, 0) is 17.7 Å². The van der Waals surface area contributed by atoms with E-state index in [-0.39, 0.29) is 18.1 Å². The quantitative estimate of drug-likeness (QED) is 0.604. The fourth-order valence-electron chi connectivity index (χ4n) is 1.26. The third-order valence-electron chi connectivity index (χ3n) is 1.83. The smallest absolute Gasteiger partial charge is 0.308 e. The van der Waals surface area contributed by atoms with Crippen LogP contribution in [0.15, 0.2) is 12.1 Å². The monoisotopic (exact) mass is 265 g/mol. The number of carbonyl (C=O) groups is 3. The largest absolute Gasteiger partial charge is 0.461 e. The zero-order valence-electron chi connectivity index (χ0n) is 10.8. The Morgan fingerprint density at radius 1 is 0.947 bits per heavy atom. The Balaban J connectivity index is 2.97. The Morgan fingerprint density at radius 2 is 1.42 bits per heavy atom. The minimum Gasteiger partial charge on any atom is -0.461 e. The van der Waals surface area contributed by atoms with Crippen molar-refractivity contribution >= 4 is 17.9 Å². The molecule has 0 amide bonds. The number of rotatable bonds is 4. The summed E-state index contributed by atoms with van der Waals surface area (Å²) in [6.07, 6.45) is 0. The highest BCUT2D eigenvalue weighted by atomic mass is 16.5. The average Bonchev–Trinajstić information content (AvgIpc) is 2.24. The number of hydrogen-bond donors (Lipinski definition) is 0. The summed E-state index contributed by atoms with van der Waals surface area (Å²) < 4.78 is 14.5. The number of ether oxygens (including phenoxy) is 3. The first-order chi connectivity index (χ1) is 8.86. The summed E-state index contributed by atoms with van der Waals surface area (Å²) >= 11 is 0. The van der Waals surface area contributed by atoms with Crippen molar-refractivity contribution in [1.82, 2.24) is 0 Å². The van der Waals surface area contributed by atoms with Gasteiger partial charge in [0.25, 0.3) is 0 Å². The maximum atomic E-state index is 10.9. The van der Waals surface area contributed by atoms with E-state index in [0.717, 1.165) is 0 Å². The molecule has 0 aliphatic rings. The van der Waals surface area contributed by atoms with Gasteiger partial charge in [0, 0.05) is 20.8 Å². The molecule has 1 rings (SSSR count). The lowest BCUT2D eigenvalue weighted by molar-refractivity contribution is -0.142. The molecule has 0 N–H and O–H groups in total. The Hall–Kier alpha value is -2.37. The fraction of sp³-hybridized carbons (Fsp3) is 0.308. The normalized spacial score (nSPS) is 9.63. The van der Waals surface area contributed by atoms with E-state index < -0.39 is 17.9 Å². The molecule has 0 atom stereocenters. The Bertz CT molecular complexity index is 472. The standard InChI is InChI=1S/C13H13O6/c1-8(14)17-7-11-4-12(18-9(2)15)6-13(5-11)19-10(3)16/h4-5H,7H2,1-3H3. The van der Waals surface area contributed by atoms with Gasteiger partial charge in [-0.1, -0.05) is 0 Å². The van der Waals surface area contributed by atoms with Crippen LogP contribution in [0.25, 0.3) is 0 Å². The summed E-state index contributed by atoms with van der Waals surface area (Å²) in [5.74, 6) is -1.33. The molecule has 1 aromatic carbocycles. The van der Waals surface area contributed by atoms with E-state index in [9.17, 15) is 14.4 Å². The Kier molecular flexibility index (Phi) is 5.05. The van der Waals surface area contributed by atoms with Crippen LogP contribution >= 0.6 is 0 Å². The number of esters is 3. The van der Waals surface area contributed by atoms with Gasteiger partial charge in [0.05, 0.1) is 6.07 Å². The van der Waals surface area contributed by atoms with Gasteiger partial charge in [-0.25, -0.2) is 0 Å². The van der Waals surface area contributed by atoms with Crippen molar-refractivity contribution in [1.29, 1.82) is 0 Å². The van der Waals surface area contributed by atoms with Crippen LogP contribution in [0.4, 0.5) is 0 Å².